The van der Waals surface area contributed by atoms with Crippen molar-refractivity contribution in [2.24, 2.45) is 5.73 Å². The van der Waals surface area contributed by atoms with Crippen molar-refractivity contribution < 1.29 is 0 Å². The molecule has 0 saturated heterocycles. The molecule has 0 radical (unpaired) electrons. The number of nitrogens with two attached hydrogens (primary N) is 1. The molecule has 3 nitrogen and oxygen atoms in total. The zero-order valence-electron chi connectivity index (χ0n) is 6.39. The van der Waals surface area contributed by atoms with E-state index in [0.29, 0.717) is 0 Å². The van der Waals surface area contributed by atoms with E-state index >= 15 is 0 Å². The molecule has 1 aliphatic rings. The third kappa shape index (κ3) is 0.935. The van der Waals surface area contributed by atoms with Gasteiger partial charge in [0.1, 0.15) is 6.17 Å². The molecular weight excluding hydrogens is 138 g/mol. The highest BCUT2D eigenvalue weighted by molar-refractivity contribution is 5.54. The van der Waals surface area contributed by atoms with Gasteiger partial charge in [-0.3, -0.25) is 0 Å². The van der Waals surface area contributed by atoms with E-state index in [0.717, 1.165) is 17.0 Å². The molecular formula is C8H11N3. The van der Waals surface area contributed by atoms with Crippen LogP contribution < -0.4 is 11.1 Å². The Labute approximate surface area is 65.3 Å². The standard InChI is InChI=1S/C8H11N3/c1-5-4-6-7(11-5)2-3-10-8(6)9/h2-4,8,10-11H,9H2,1H3. The summed E-state index contributed by atoms with van der Waals surface area (Å²) >= 11 is 0. The van der Waals surface area contributed by atoms with E-state index in [9.17, 15) is 0 Å². The van der Waals surface area contributed by atoms with Crippen molar-refractivity contribution in [3.8, 4) is 0 Å². The first kappa shape index (κ1) is 6.49. The number of H-pyrrole nitrogens is 1. The number of hydrogen-bond acceptors (Lipinski definition) is 2. The minimum atomic E-state index is -0.0556. The van der Waals surface area contributed by atoms with Gasteiger partial charge in [-0.1, -0.05) is 0 Å². The number of nitrogens with one attached hydrogen (secondary N) is 2. The fourth-order valence-electron chi connectivity index (χ4n) is 1.35. The Morgan fingerprint density at radius 3 is 3.09 bits per heavy atom. The van der Waals surface area contributed by atoms with Crippen molar-refractivity contribution in [3.63, 3.8) is 0 Å². The Bertz CT molecular complexity index is 298. The Balaban J connectivity index is 2.53. The second-order valence-corrected chi connectivity index (χ2v) is 2.80. The molecule has 0 bridgehead atoms. The van der Waals surface area contributed by atoms with Gasteiger partial charge in [0.05, 0.1) is 0 Å². The molecule has 0 saturated carbocycles. The predicted molar refractivity (Wildman–Crippen MR) is 44.6 cm³/mol. The number of aryl methyl sites for hydroxylation is 1. The molecule has 1 unspecified atom stereocenters. The van der Waals surface area contributed by atoms with Gasteiger partial charge in [0.15, 0.2) is 0 Å². The molecule has 3 heteroatoms. The summed E-state index contributed by atoms with van der Waals surface area (Å²) in [7, 11) is 0. The van der Waals surface area contributed by atoms with Gasteiger partial charge in [-0.25, -0.2) is 0 Å². The van der Waals surface area contributed by atoms with Crippen LogP contribution in [0.15, 0.2) is 12.3 Å². The fraction of sp³-hybridized carbons (Fsp3) is 0.250. The summed E-state index contributed by atoms with van der Waals surface area (Å²) in [6.45, 7) is 2.03. The van der Waals surface area contributed by atoms with Crippen molar-refractivity contribution in [2.75, 3.05) is 0 Å². The maximum atomic E-state index is 5.78. The van der Waals surface area contributed by atoms with Crippen LogP contribution in [0.25, 0.3) is 6.08 Å². The van der Waals surface area contributed by atoms with E-state index in [1.807, 2.05) is 19.2 Å². The lowest BCUT2D eigenvalue weighted by Crippen LogP contribution is -2.26. The summed E-state index contributed by atoms with van der Waals surface area (Å²) in [6.07, 6.45) is 3.80. The molecule has 58 valence electrons. The Morgan fingerprint density at radius 2 is 2.36 bits per heavy atom. The SMILES string of the molecule is Cc1cc2c([nH]1)C=CNC2N. The lowest BCUT2D eigenvalue weighted by atomic mass is 10.1. The van der Waals surface area contributed by atoms with Crippen LogP contribution in [-0.2, 0) is 0 Å². The summed E-state index contributed by atoms with van der Waals surface area (Å²) in [5, 5.41) is 3.03. The number of aromatic nitrogens is 1. The zero-order valence-corrected chi connectivity index (χ0v) is 6.39. The summed E-state index contributed by atoms with van der Waals surface area (Å²) < 4.78 is 0. The third-order valence-electron chi connectivity index (χ3n) is 1.88. The van der Waals surface area contributed by atoms with Crippen molar-refractivity contribution >= 4 is 6.08 Å². The van der Waals surface area contributed by atoms with Crippen molar-refractivity contribution in [3.05, 3.63) is 29.2 Å². The summed E-state index contributed by atoms with van der Waals surface area (Å²) in [5.74, 6) is 0. The minimum absolute atomic E-state index is 0.0556. The summed E-state index contributed by atoms with van der Waals surface area (Å²) in [5.41, 5.74) is 9.19. The van der Waals surface area contributed by atoms with Crippen LogP contribution in [0.1, 0.15) is 23.1 Å². The fourth-order valence-corrected chi connectivity index (χ4v) is 1.35. The van der Waals surface area contributed by atoms with Crippen LogP contribution in [0.3, 0.4) is 0 Å². The van der Waals surface area contributed by atoms with Gasteiger partial charge in [-0.2, -0.15) is 0 Å². The molecule has 1 aliphatic heterocycles. The normalized spacial score (nSPS) is 21.1. The maximum Gasteiger partial charge on any atom is 0.102 e. The molecule has 1 atom stereocenters. The van der Waals surface area contributed by atoms with E-state index in [4.69, 9.17) is 5.73 Å². The molecule has 0 fully saturated rings. The van der Waals surface area contributed by atoms with Gasteiger partial charge >= 0.3 is 0 Å². The average Bonchev–Trinajstić information content (AvgIpc) is 2.31. The van der Waals surface area contributed by atoms with E-state index in [-0.39, 0.29) is 6.17 Å². The van der Waals surface area contributed by atoms with Crippen LogP contribution in [0.4, 0.5) is 0 Å². The molecule has 0 amide bonds. The van der Waals surface area contributed by atoms with Gasteiger partial charge in [-0.05, 0) is 25.3 Å². The Kier molecular flexibility index (Phi) is 1.26. The first-order valence-electron chi connectivity index (χ1n) is 3.65. The summed E-state index contributed by atoms with van der Waals surface area (Å²) in [6, 6.07) is 2.07. The first-order valence-corrected chi connectivity index (χ1v) is 3.65. The molecule has 2 heterocycles. The van der Waals surface area contributed by atoms with Crippen molar-refractivity contribution in [2.45, 2.75) is 13.1 Å². The van der Waals surface area contributed by atoms with E-state index < -0.39 is 0 Å². The van der Waals surface area contributed by atoms with Crippen LogP contribution in [0, 0.1) is 6.92 Å². The second-order valence-electron chi connectivity index (χ2n) is 2.80. The Hall–Kier alpha value is -1.22. The van der Waals surface area contributed by atoms with E-state index in [1.54, 1.807) is 0 Å². The molecule has 2 rings (SSSR count). The van der Waals surface area contributed by atoms with Crippen LogP contribution in [0.5, 0.6) is 0 Å². The van der Waals surface area contributed by atoms with Crippen LogP contribution >= 0.6 is 0 Å². The van der Waals surface area contributed by atoms with Gasteiger partial charge in [-0.15, -0.1) is 0 Å². The van der Waals surface area contributed by atoms with Crippen molar-refractivity contribution in [1.29, 1.82) is 0 Å². The highest BCUT2D eigenvalue weighted by Gasteiger charge is 2.13. The molecule has 11 heavy (non-hydrogen) atoms. The zero-order chi connectivity index (χ0) is 7.84. The number of hydrogen-bond donors (Lipinski definition) is 3. The van der Waals surface area contributed by atoms with E-state index in [2.05, 4.69) is 16.4 Å². The van der Waals surface area contributed by atoms with Gasteiger partial charge in [0, 0.05) is 17.0 Å². The van der Waals surface area contributed by atoms with Gasteiger partial charge in [0.2, 0.25) is 0 Å². The Morgan fingerprint density at radius 1 is 1.55 bits per heavy atom. The molecule has 0 aromatic carbocycles. The number of fused-ring (bicyclic) bond motifs is 1. The van der Waals surface area contributed by atoms with Crippen LogP contribution in [0.2, 0.25) is 0 Å². The smallest absolute Gasteiger partial charge is 0.102 e. The van der Waals surface area contributed by atoms with Crippen LogP contribution in [-0.4, -0.2) is 4.98 Å². The quantitative estimate of drug-likeness (QED) is 0.512. The van der Waals surface area contributed by atoms with E-state index in [1.165, 1.54) is 0 Å². The molecule has 1 aromatic rings. The lowest BCUT2D eigenvalue weighted by Gasteiger charge is -2.15. The van der Waals surface area contributed by atoms with Crippen molar-refractivity contribution in [1.82, 2.24) is 10.3 Å². The molecule has 0 aliphatic carbocycles. The third-order valence-corrected chi connectivity index (χ3v) is 1.88. The minimum Gasteiger partial charge on any atom is -0.372 e. The second kappa shape index (κ2) is 2.13. The average molecular weight is 149 g/mol. The summed E-state index contributed by atoms with van der Waals surface area (Å²) in [4.78, 5) is 3.22. The molecule has 4 N–H and O–H groups in total. The largest absolute Gasteiger partial charge is 0.372 e. The highest BCUT2D eigenvalue weighted by Crippen LogP contribution is 2.19. The highest BCUT2D eigenvalue weighted by atomic mass is 15.0. The van der Waals surface area contributed by atoms with Gasteiger partial charge < -0.3 is 16.0 Å². The van der Waals surface area contributed by atoms with Gasteiger partial charge in [0.25, 0.3) is 0 Å². The molecule has 1 aromatic heterocycles. The maximum absolute atomic E-state index is 5.78. The topological polar surface area (TPSA) is 53.8 Å². The predicted octanol–water partition coefficient (Wildman–Crippen LogP) is 0.854. The first-order chi connectivity index (χ1) is 5.27. The lowest BCUT2D eigenvalue weighted by molar-refractivity contribution is 0.647. The number of rotatable bonds is 0. The molecule has 0 spiro atoms. The monoisotopic (exact) mass is 149 g/mol. The number of aromatic amines is 1.